The van der Waals surface area contributed by atoms with Crippen LogP contribution in [0.15, 0.2) is 0 Å². The first-order chi connectivity index (χ1) is 11.3. The van der Waals surface area contributed by atoms with Crippen LogP contribution in [0.2, 0.25) is 0 Å². The van der Waals surface area contributed by atoms with Gasteiger partial charge in [-0.05, 0) is 38.0 Å². The zero-order valence-corrected chi connectivity index (χ0v) is 15.5. The van der Waals surface area contributed by atoms with Crippen molar-refractivity contribution in [3.63, 3.8) is 0 Å². The lowest BCUT2D eigenvalue weighted by molar-refractivity contribution is -0.144. The molecule has 7 nitrogen and oxygen atoms in total. The second kappa shape index (κ2) is 9.33. The molecule has 0 saturated carbocycles. The van der Waals surface area contributed by atoms with Gasteiger partial charge in [0, 0.05) is 11.3 Å². The van der Waals surface area contributed by atoms with Crippen molar-refractivity contribution >= 4 is 51.5 Å². The third kappa shape index (κ3) is 5.57. The van der Waals surface area contributed by atoms with Gasteiger partial charge in [-0.2, -0.15) is 0 Å². The van der Waals surface area contributed by atoms with Gasteiger partial charge in [0.1, 0.15) is 5.00 Å². The Hall–Kier alpha value is -2.00. The summed E-state index contributed by atoms with van der Waals surface area (Å²) in [7, 11) is 0. The van der Waals surface area contributed by atoms with Gasteiger partial charge in [-0.15, -0.1) is 11.3 Å². The van der Waals surface area contributed by atoms with E-state index >= 15 is 0 Å². The Morgan fingerprint density at radius 3 is 2.46 bits per heavy atom. The summed E-state index contributed by atoms with van der Waals surface area (Å²) in [6.07, 6.45) is 0.612. The number of esters is 1. The summed E-state index contributed by atoms with van der Waals surface area (Å²) >= 11 is 6.42. The number of rotatable bonds is 7. The van der Waals surface area contributed by atoms with E-state index in [0.29, 0.717) is 17.0 Å². The molecule has 4 N–H and O–H groups in total. The van der Waals surface area contributed by atoms with Gasteiger partial charge >= 0.3 is 5.97 Å². The zero-order valence-electron chi connectivity index (χ0n) is 13.9. The highest BCUT2D eigenvalue weighted by Gasteiger charge is 2.20. The number of thiophene rings is 1. The van der Waals surface area contributed by atoms with Crippen molar-refractivity contribution in [1.29, 1.82) is 0 Å². The van der Waals surface area contributed by atoms with Crippen LogP contribution >= 0.6 is 23.6 Å². The van der Waals surface area contributed by atoms with Crippen molar-refractivity contribution in [2.75, 3.05) is 11.9 Å². The number of amides is 2. The van der Waals surface area contributed by atoms with Gasteiger partial charge in [0.15, 0.2) is 5.11 Å². The molecule has 1 rings (SSSR count). The predicted octanol–water partition coefficient (Wildman–Crippen LogP) is 1.87. The predicted molar refractivity (Wildman–Crippen MR) is 97.2 cm³/mol. The summed E-state index contributed by atoms with van der Waals surface area (Å²) in [5.74, 6) is -1.40. The van der Waals surface area contributed by atoms with Crippen molar-refractivity contribution in [1.82, 2.24) is 5.32 Å². The lowest BCUT2D eigenvalue weighted by Gasteiger charge is -2.09. The van der Waals surface area contributed by atoms with E-state index in [4.69, 9.17) is 22.7 Å². The second-order valence-electron chi connectivity index (χ2n) is 4.87. The number of hydrogen-bond donors (Lipinski definition) is 3. The van der Waals surface area contributed by atoms with E-state index in [-0.39, 0.29) is 24.6 Å². The summed E-state index contributed by atoms with van der Waals surface area (Å²) in [4.78, 5) is 35.6. The van der Waals surface area contributed by atoms with Gasteiger partial charge in [0.2, 0.25) is 5.91 Å². The quantitative estimate of drug-likeness (QED) is 0.498. The number of nitrogens with one attached hydrogen (secondary N) is 2. The maximum Gasteiger partial charge on any atom is 0.306 e. The highest BCUT2D eigenvalue weighted by molar-refractivity contribution is 7.80. The van der Waals surface area contributed by atoms with E-state index in [9.17, 15) is 14.4 Å². The average Bonchev–Trinajstić information content (AvgIpc) is 2.80. The Morgan fingerprint density at radius 1 is 1.25 bits per heavy atom. The van der Waals surface area contributed by atoms with E-state index in [1.165, 1.54) is 11.3 Å². The van der Waals surface area contributed by atoms with Crippen LogP contribution in [-0.4, -0.2) is 29.5 Å². The molecule has 0 radical (unpaired) electrons. The van der Waals surface area contributed by atoms with E-state index < -0.39 is 17.8 Å². The Balaban J connectivity index is 2.67. The Kier molecular flexibility index (Phi) is 7.80. The van der Waals surface area contributed by atoms with Crippen molar-refractivity contribution in [3.8, 4) is 0 Å². The minimum Gasteiger partial charge on any atom is -0.466 e. The molecule has 0 fully saturated rings. The van der Waals surface area contributed by atoms with Crippen molar-refractivity contribution < 1.29 is 19.1 Å². The van der Waals surface area contributed by atoms with Crippen molar-refractivity contribution in [2.45, 2.75) is 40.0 Å². The maximum atomic E-state index is 11.8. The highest BCUT2D eigenvalue weighted by atomic mass is 32.1. The van der Waals surface area contributed by atoms with Crippen LogP contribution < -0.4 is 16.4 Å². The number of carbonyl (C=O) groups is 3. The number of carbonyl (C=O) groups excluding carboxylic acids is 3. The molecule has 0 bridgehead atoms. The molecule has 0 spiro atoms. The first kappa shape index (κ1) is 20.0. The molecular formula is C15H21N3O4S2. The Morgan fingerprint density at radius 2 is 1.92 bits per heavy atom. The van der Waals surface area contributed by atoms with Crippen LogP contribution in [-0.2, 0) is 20.7 Å². The fourth-order valence-electron chi connectivity index (χ4n) is 2.13. The molecule has 24 heavy (non-hydrogen) atoms. The summed E-state index contributed by atoms with van der Waals surface area (Å²) in [5.41, 5.74) is 6.70. The molecule has 1 heterocycles. The normalized spacial score (nSPS) is 10.1. The zero-order chi connectivity index (χ0) is 18.3. The van der Waals surface area contributed by atoms with Crippen LogP contribution in [0, 0.1) is 6.92 Å². The minimum absolute atomic E-state index is 0.0209. The molecule has 0 unspecified atom stereocenters. The lowest BCUT2D eigenvalue weighted by Crippen LogP contribution is -2.34. The number of hydrogen-bond acceptors (Lipinski definition) is 6. The largest absolute Gasteiger partial charge is 0.466 e. The van der Waals surface area contributed by atoms with Crippen LogP contribution in [0.25, 0.3) is 0 Å². The molecular weight excluding hydrogens is 350 g/mol. The van der Waals surface area contributed by atoms with Gasteiger partial charge in [-0.3, -0.25) is 14.4 Å². The third-order valence-corrected chi connectivity index (χ3v) is 4.42. The standard InChI is InChI=1S/C15H21N3O4S2/c1-4-9-8(3)24-14(12(9)13(16)21)18-15(23)17-10(19)6-7-11(20)22-5-2/h4-7H2,1-3H3,(H2,16,21)(H2,17,18,19,23). The molecule has 0 aliphatic carbocycles. The van der Waals surface area contributed by atoms with E-state index in [1.807, 2.05) is 13.8 Å². The Labute approximate surface area is 149 Å². The summed E-state index contributed by atoms with van der Waals surface area (Å²) in [6.45, 7) is 5.79. The van der Waals surface area contributed by atoms with Crippen molar-refractivity contribution in [3.05, 3.63) is 16.0 Å². The Bertz CT molecular complexity index is 655. The number of anilines is 1. The van der Waals surface area contributed by atoms with E-state index in [2.05, 4.69) is 10.6 Å². The minimum atomic E-state index is -0.546. The molecule has 0 aliphatic rings. The first-order valence-electron chi connectivity index (χ1n) is 7.48. The summed E-state index contributed by atoms with van der Waals surface area (Å²) in [5, 5.41) is 5.86. The van der Waals surface area contributed by atoms with Gasteiger partial charge < -0.3 is 21.1 Å². The topological polar surface area (TPSA) is 111 Å². The van der Waals surface area contributed by atoms with Crippen LogP contribution in [0.5, 0.6) is 0 Å². The van der Waals surface area contributed by atoms with Crippen LogP contribution in [0.1, 0.15) is 47.5 Å². The van der Waals surface area contributed by atoms with Gasteiger partial charge in [-0.1, -0.05) is 6.92 Å². The van der Waals surface area contributed by atoms with Gasteiger partial charge in [0.25, 0.3) is 5.91 Å². The molecule has 0 aliphatic heterocycles. The number of nitrogens with two attached hydrogens (primary N) is 1. The van der Waals surface area contributed by atoms with Gasteiger partial charge in [0.05, 0.1) is 18.6 Å². The van der Waals surface area contributed by atoms with Crippen LogP contribution in [0.3, 0.4) is 0 Å². The first-order valence-corrected chi connectivity index (χ1v) is 8.71. The molecule has 1 aromatic heterocycles. The van der Waals surface area contributed by atoms with Gasteiger partial charge in [-0.25, -0.2) is 0 Å². The SMILES string of the molecule is CCOC(=O)CCC(=O)NC(=S)Nc1sc(C)c(CC)c1C(N)=O. The van der Waals surface area contributed by atoms with Crippen LogP contribution in [0.4, 0.5) is 5.00 Å². The summed E-state index contributed by atoms with van der Waals surface area (Å²) < 4.78 is 4.75. The number of primary amides is 1. The second-order valence-corrected chi connectivity index (χ2v) is 6.50. The fourth-order valence-corrected chi connectivity index (χ4v) is 3.56. The monoisotopic (exact) mass is 371 g/mol. The lowest BCUT2D eigenvalue weighted by atomic mass is 10.1. The molecule has 132 valence electrons. The number of aryl methyl sites for hydroxylation is 1. The average molecular weight is 371 g/mol. The number of thiocarbonyl (C=S) groups is 1. The van der Waals surface area contributed by atoms with Crippen molar-refractivity contribution in [2.24, 2.45) is 5.73 Å². The van der Waals surface area contributed by atoms with E-state index in [1.54, 1.807) is 6.92 Å². The maximum absolute atomic E-state index is 11.8. The van der Waals surface area contributed by atoms with E-state index in [0.717, 1.165) is 10.4 Å². The fraction of sp³-hybridized carbons (Fsp3) is 0.467. The molecule has 1 aromatic rings. The number of ether oxygens (including phenoxy) is 1. The molecule has 9 heteroatoms. The highest BCUT2D eigenvalue weighted by Crippen LogP contribution is 2.33. The molecule has 0 saturated heterocycles. The summed E-state index contributed by atoms with van der Waals surface area (Å²) in [6, 6.07) is 0. The molecule has 2 amide bonds. The molecule has 0 aromatic carbocycles. The third-order valence-electron chi connectivity index (χ3n) is 3.15. The molecule has 0 atom stereocenters. The smallest absolute Gasteiger partial charge is 0.306 e.